The molecular formula is C12H21N3O. The molecule has 3 aliphatic rings. The van der Waals surface area contributed by atoms with E-state index in [0.717, 1.165) is 31.8 Å². The van der Waals surface area contributed by atoms with Gasteiger partial charge in [-0.3, -0.25) is 4.90 Å². The van der Waals surface area contributed by atoms with Gasteiger partial charge in [0.25, 0.3) is 0 Å². The van der Waals surface area contributed by atoms with E-state index in [2.05, 4.69) is 15.5 Å². The summed E-state index contributed by atoms with van der Waals surface area (Å²) in [5.74, 6) is 0. The lowest BCUT2D eigenvalue weighted by molar-refractivity contribution is 0.224. The van der Waals surface area contributed by atoms with Gasteiger partial charge in [0.05, 0.1) is 0 Å². The van der Waals surface area contributed by atoms with Gasteiger partial charge in [0.2, 0.25) is 0 Å². The van der Waals surface area contributed by atoms with Crippen LogP contribution in [0.5, 0.6) is 0 Å². The summed E-state index contributed by atoms with van der Waals surface area (Å²) in [6.45, 7) is 2.22. The van der Waals surface area contributed by atoms with Gasteiger partial charge in [0, 0.05) is 31.2 Å². The number of carbonyl (C=O) groups is 1. The zero-order valence-electron chi connectivity index (χ0n) is 9.74. The predicted octanol–water partition coefficient (Wildman–Crippen LogP) is 1.07. The summed E-state index contributed by atoms with van der Waals surface area (Å²) in [5.41, 5.74) is 0. The van der Waals surface area contributed by atoms with E-state index in [1.54, 1.807) is 0 Å². The Bertz CT molecular complexity index is 273. The van der Waals surface area contributed by atoms with Crippen molar-refractivity contribution in [3.8, 4) is 0 Å². The number of carbonyl (C=O) groups excluding carboxylic acids is 1. The molecule has 4 nitrogen and oxygen atoms in total. The van der Waals surface area contributed by atoms with E-state index in [0.29, 0.717) is 12.1 Å². The fourth-order valence-electron chi connectivity index (χ4n) is 2.64. The van der Waals surface area contributed by atoms with Crippen molar-refractivity contribution in [2.24, 2.45) is 0 Å². The van der Waals surface area contributed by atoms with Crippen molar-refractivity contribution in [1.29, 1.82) is 0 Å². The molecule has 2 saturated carbocycles. The summed E-state index contributed by atoms with van der Waals surface area (Å²) in [7, 11) is 0. The first-order valence-electron chi connectivity index (χ1n) is 6.62. The fourth-order valence-corrected chi connectivity index (χ4v) is 2.64. The van der Waals surface area contributed by atoms with Crippen molar-refractivity contribution in [3.63, 3.8) is 0 Å². The lowest BCUT2D eigenvalue weighted by Crippen LogP contribution is -2.49. The Morgan fingerprint density at radius 3 is 2.38 bits per heavy atom. The molecule has 0 spiro atoms. The van der Waals surface area contributed by atoms with E-state index >= 15 is 0 Å². The van der Waals surface area contributed by atoms with E-state index in [1.807, 2.05) is 0 Å². The number of amides is 2. The molecule has 4 heteroatoms. The summed E-state index contributed by atoms with van der Waals surface area (Å²) < 4.78 is 0. The largest absolute Gasteiger partial charge is 0.335 e. The van der Waals surface area contributed by atoms with Crippen LogP contribution in [0.25, 0.3) is 0 Å². The lowest BCUT2D eigenvalue weighted by Gasteiger charge is -2.27. The number of rotatable bonds is 3. The number of hydrogen-bond acceptors (Lipinski definition) is 2. The van der Waals surface area contributed by atoms with Crippen LogP contribution in [0, 0.1) is 0 Å². The molecule has 16 heavy (non-hydrogen) atoms. The fraction of sp³-hybridized carbons (Fsp3) is 0.917. The summed E-state index contributed by atoms with van der Waals surface area (Å²) in [4.78, 5) is 14.2. The average molecular weight is 223 g/mol. The van der Waals surface area contributed by atoms with Crippen molar-refractivity contribution < 1.29 is 4.79 Å². The van der Waals surface area contributed by atoms with Crippen molar-refractivity contribution >= 4 is 6.03 Å². The molecule has 1 atom stereocenters. The Hall–Kier alpha value is -0.770. The van der Waals surface area contributed by atoms with Crippen LogP contribution in [-0.4, -0.2) is 42.1 Å². The number of hydrogen-bond donors (Lipinski definition) is 2. The Morgan fingerprint density at radius 2 is 1.75 bits per heavy atom. The number of likely N-dealkylation sites (tertiary alicyclic amines) is 1. The Balaban J connectivity index is 1.39. The minimum Gasteiger partial charge on any atom is -0.335 e. The molecule has 2 N–H and O–H groups in total. The van der Waals surface area contributed by atoms with Gasteiger partial charge in [-0.2, -0.15) is 0 Å². The van der Waals surface area contributed by atoms with Crippen LogP contribution >= 0.6 is 0 Å². The van der Waals surface area contributed by atoms with Crippen LogP contribution in [0.4, 0.5) is 4.79 Å². The summed E-state index contributed by atoms with van der Waals surface area (Å²) in [6.07, 6.45) is 7.43. The maximum Gasteiger partial charge on any atom is 0.315 e. The minimum atomic E-state index is 0.0485. The third kappa shape index (κ3) is 2.32. The maximum absolute atomic E-state index is 11.7. The second-order valence-corrected chi connectivity index (χ2v) is 5.46. The van der Waals surface area contributed by atoms with Gasteiger partial charge in [0.15, 0.2) is 0 Å². The first kappa shape index (κ1) is 10.4. The highest BCUT2D eigenvalue weighted by Crippen LogP contribution is 2.29. The molecule has 0 aromatic carbocycles. The molecular weight excluding hydrogens is 202 g/mol. The van der Waals surface area contributed by atoms with Crippen LogP contribution in [0.2, 0.25) is 0 Å². The molecule has 1 unspecified atom stereocenters. The summed E-state index contributed by atoms with van der Waals surface area (Å²) in [5, 5.41) is 6.13. The van der Waals surface area contributed by atoms with Gasteiger partial charge in [-0.1, -0.05) is 0 Å². The highest BCUT2D eigenvalue weighted by molar-refractivity contribution is 5.74. The topological polar surface area (TPSA) is 44.4 Å². The number of nitrogens with zero attached hydrogens (tertiary/aromatic N) is 1. The maximum atomic E-state index is 11.7. The van der Waals surface area contributed by atoms with Crippen LogP contribution in [0.3, 0.4) is 0 Å². The monoisotopic (exact) mass is 223 g/mol. The van der Waals surface area contributed by atoms with Crippen LogP contribution < -0.4 is 10.6 Å². The molecule has 2 aliphatic carbocycles. The lowest BCUT2D eigenvalue weighted by atomic mass is 9.93. The molecule has 1 heterocycles. The summed E-state index contributed by atoms with van der Waals surface area (Å²) >= 11 is 0. The Morgan fingerprint density at radius 1 is 1.00 bits per heavy atom. The van der Waals surface area contributed by atoms with Gasteiger partial charge in [0.1, 0.15) is 0 Å². The van der Waals surface area contributed by atoms with Crippen molar-refractivity contribution in [1.82, 2.24) is 15.5 Å². The number of nitrogens with one attached hydrogen (secondary N) is 2. The van der Waals surface area contributed by atoms with Crippen molar-refractivity contribution in [2.75, 3.05) is 13.1 Å². The first-order chi connectivity index (χ1) is 7.81. The Kier molecular flexibility index (Phi) is 2.75. The first-order valence-corrected chi connectivity index (χ1v) is 6.62. The van der Waals surface area contributed by atoms with E-state index in [9.17, 15) is 4.79 Å². The Labute approximate surface area is 96.8 Å². The molecule has 2 amide bonds. The molecule has 0 aromatic heterocycles. The molecule has 0 radical (unpaired) electrons. The van der Waals surface area contributed by atoms with Gasteiger partial charge in [-0.25, -0.2) is 4.79 Å². The molecule has 0 bridgehead atoms. The molecule has 90 valence electrons. The normalized spacial score (nSPS) is 31.1. The highest BCUT2D eigenvalue weighted by atomic mass is 16.2. The summed E-state index contributed by atoms with van der Waals surface area (Å²) in [6, 6.07) is 1.70. The molecule has 3 fully saturated rings. The van der Waals surface area contributed by atoms with Crippen molar-refractivity contribution in [2.45, 2.75) is 56.7 Å². The zero-order valence-corrected chi connectivity index (χ0v) is 9.74. The smallest absolute Gasteiger partial charge is 0.315 e. The van der Waals surface area contributed by atoms with Crippen molar-refractivity contribution in [3.05, 3.63) is 0 Å². The molecule has 1 aliphatic heterocycles. The molecule has 1 saturated heterocycles. The zero-order chi connectivity index (χ0) is 11.0. The van der Waals surface area contributed by atoms with Gasteiger partial charge < -0.3 is 10.6 Å². The van der Waals surface area contributed by atoms with Crippen LogP contribution in [-0.2, 0) is 0 Å². The standard InChI is InChI=1S/C12H21N3O/c16-12(13-9-2-1-3-9)14-10-6-7-15(8-10)11-4-5-11/h9-11H,1-8H2,(H2,13,14,16). The van der Waals surface area contributed by atoms with Gasteiger partial charge >= 0.3 is 6.03 Å². The number of urea groups is 1. The predicted molar refractivity (Wildman–Crippen MR) is 62.3 cm³/mol. The molecule has 0 aromatic rings. The SMILES string of the molecule is O=C(NC1CCC1)NC1CCN(C2CC2)C1. The third-order valence-electron chi connectivity index (χ3n) is 4.06. The minimum absolute atomic E-state index is 0.0485. The van der Waals surface area contributed by atoms with E-state index in [4.69, 9.17) is 0 Å². The molecule has 3 rings (SSSR count). The quantitative estimate of drug-likeness (QED) is 0.752. The van der Waals surface area contributed by atoms with Crippen LogP contribution in [0.15, 0.2) is 0 Å². The third-order valence-corrected chi connectivity index (χ3v) is 4.06. The average Bonchev–Trinajstić information content (AvgIpc) is 2.95. The van der Waals surface area contributed by atoms with E-state index in [1.165, 1.54) is 25.8 Å². The highest BCUT2D eigenvalue weighted by Gasteiger charge is 2.34. The van der Waals surface area contributed by atoms with E-state index < -0.39 is 0 Å². The van der Waals surface area contributed by atoms with Gasteiger partial charge in [-0.15, -0.1) is 0 Å². The second-order valence-electron chi connectivity index (χ2n) is 5.46. The van der Waals surface area contributed by atoms with Gasteiger partial charge in [-0.05, 0) is 38.5 Å². The van der Waals surface area contributed by atoms with E-state index in [-0.39, 0.29) is 6.03 Å². The van der Waals surface area contributed by atoms with Crippen LogP contribution in [0.1, 0.15) is 38.5 Å². The second kappa shape index (κ2) is 4.24.